The van der Waals surface area contributed by atoms with Crippen LogP contribution in [-0.4, -0.2) is 45.0 Å². The second kappa shape index (κ2) is 6.51. The fourth-order valence-electron chi connectivity index (χ4n) is 1.95. The van der Waals surface area contributed by atoms with E-state index in [2.05, 4.69) is 20.3 Å². The van der Waals surface area contributed by atoms with E-state index in [1.165, 1.54) is 13.4 Å². The Morgan fingerprint density at radius 3 is 2.95 bits per heavy atom. The summed E-state index contributed by atoms with van der Waals surface area (Å²) < 4.78 is 6.91. The first-order chi connectivity index (χ1) is 9.71. The molecule has 0 saturated carbocycles. The summed E-state index contributed by atoms with van der Waals surface area (Å²) in [7, 11) is 1.52. The van der Waals surface area contributed by atoms with Gasteiger partial charge in [-0.1, -0.05) is 0 Å². The lowest BCUT2D eigenvalue weighted by molar-refractivity contribution is -0.121. The molecule has 0 radical (unpaired) electrons. The highest BCUT2D eigenvalue weighted by Crippen LogP contribution is 2.21. The molecule has 8 heteroatoms. The number of hydrogen-bond donors (Lipinski definition) is 1. The van der Waals surface area contributed by atoms with Gasteiger partial charge in [-0.15, -0.1) is 11.6 Å². The molecule has 0 fully saturated rings. The maximum Gasteiger partial charge on any atom is 0.245 e. The zero-order chi connectivity index (χ0) is 14.5. The number of amides is 1. The van der Waals surface area contributed by atoms with Crippen molar-refractivity contribution in [2.75, 3.05) is 19.5 Å². The Bertz CT molecular complexity index is 613. The Balaban J connectivity index is 2.48. The fourth-order valence-corrected chi connectivity index (χ4v) is 2.12. The van der Waals surface area contributed by atoms with Crippen molar-refractivity contribution in [2.24, 2.45) is 0 Å². The van der Waals surface area contributed by atoms with Crippen LogP contribution in [-0.2, 0) is 17.8 Å². The number of ether oxygens (including phenoxy) is 1. The fraction of sp³-hybridized carbons (Fsp3) is 0.500. The third kappa shape index (κ3) is 2.82. The number of likely N-dealkylation sites (N-methyl/N-ethyl adjacent to an activating group) is 1. The quantitative estimate of drug-likeness (QED) is 0.796. The number of imidazole rings is 1. The lowest BCUT2D eigenvalue weighted by atomic mass is 10.4. The molecule has 0 atom stereocenters. The van der Waals surface area contributed by atoms with Gasteiger partial charge in [0, 0.05) is 18.8 Å². The van der Waals surface area contributed by atoms with Crippen LogP contribution < -0.4 is 10.1 Å². The number of alkyl halides is 1. The van der Waals surface area contributed by atoms with Crippen LogP contribution in [0.25, 0.3) is 11.2 Å². The Kier molecular flexibility index (Phi) is 4.73. The first-order valence-corrected chi connectivity index (χ1v) is 6.81. The van der Waals surface area contributed by atoms with E-state index in [4.69, 9.17) is 16.3 Å². The van der Waals surface area contributed by atoms with Crippen LogP contribution in [0.1, 0.15) is 12.7 Å². The van der Waals surface area contributed by atoms with Crippen molar-refractivity contribution in [1.29, 1.82) is 0 Å². The molecule has 2 aromatic heterocycles. The molecule has 2 heterocycles. The minimum atomic E-state index is -0.0970. The zero-order valence-corrected chi connectivity index (χ0v) is 12.1. The number of hydrogen-bond acceptors (Lipinski definition) is 5. The minimum absolute atomic E-state index is 0.0970. The molecule has 1 N–H and O–H groups in total. The summed E-state index contributed by atoms with van der Waals surface area (Å²) in [6, 6.07) is 0. The van der Waals surface area contributed by atoms with Gasteiger partial charge >= 0.3 is 0 Å². The summed E-state index contributed by atoms with van der Waals surface area (Å²) in [5, 5.41) is 2.75. The first kappa shape index (κ1) is 14.5. The van der Waals surface area contributed by atoms with E-state index >= 15 is 0 Å². The molecule has 1 amide bonds. The maximum absolute atomic E-state index is 11.8. The Labute approximate surface area is 121 Å². The van der Waals surface area contributed by atoms with Crippen molar-refractivity contribution in [3.8, 4) is 5.88 Å². The van der Waals surface area contributed by atoms with E-state index in [1.54, 1.807) is 4.57 Å². The van der Waals surface area contributed by atoms with Crippen LogP contribution in [0.4, 0.5) is 0 Å². The number of carbonyl (C=O) groups excluding carboxylic acids is 1. The number of fused-ring (bicyclic) bond motifs is 1. The predicted molar refractivity (Wildman–Crippen MR) is 75.0 cm³/mol. The van der Waals surface area contributed by atoms with Crippen molar-refractivity contribution in [1.82, 2.24) is 24.8 Å². The van der Waals surface area contributed by atoms with Gasteiger partial charge in [0.25, 0.3) is 0 Å². The molecule has 2 rings (SSSR count). The summed E-state index contributed by atoms with van der Waals surface area (Å²) in [5.41, 5.74) is 1.11. The number of aryl methyl sites for hydroxylation is 1. The van der Waals surface area contributed by atoms with E-state index in [0.29, 0.717) is 41.7 Å². The van der Waals surface area contributed by atoms with Crippen LogP contribution >= 0.6 is 11.6 Å². The number of aromatic nitrogens is 4. The smallest absolute Gasteiger partial charge is 0.245 e. The van der Waals surface area contributed by atoms with E-state index in [9.17, 15) is 4.79 Å². The summed E-state index contributed by atoms with van der Waals surface area (Å²) in [6.07, 6.45) is 1.93. The minimum Gasteiger partial charge on any atom is -0.479 e. The molecule has 0 aliphatic carbocycles. The second-order valence-corrected chi connectivity index (χ2v) is 4.44. The van der Waals surface area contributed by atoms with Crippen molar-refractivity contribution < 1.29 is 9.53 Å². The second-order valence-electron chi connectivity index (χ2n) is 4.06. The molecule has 2 aromatic rings. The van der Waals surface area contributed by atoms with Crippen LogP contribution in [0.2, 0.25) is 0 Å². The third-order valence-corrected chi connectivity index (χ3v) is 2.95. The number of rotatable bonds is 6. The van der Waals surface area contributed by atoms with E-state index in [-0.39, 0.29) is 12.5 Å². The lowest BCUT2D eigenvalue weighted by Crippen LogP contribution is -2.28. The zero-order valence-electron chi connectivity index (χ0n) is 11.4. The normalized spacial score (nSPS) is 10.8. The van der Waals surface area contributed by atoms with Gasteiger partial charge in [0.15, 0.2) is 11.2 Å². The van der Waals surface area contributed by atoms with Gasteiger partial charge in [-0.05, 0) is 6.92 Å². The number of methoxy groups -OCH3 is 1. The summed E-state index contributed by atoms with van der Waals surface area (Å²) in [4.78, 5) is 24.4. The Hall–Kier alpha value is -1.89. The molecule has 0 spiro atoms. The van der Waals surface area contributed by atoms with Crippen LogP contribution in [0.15, 0.2) is 6.33 Å². The van der Waals surface area contributed by atoms with Crippen molar-refractivity contribution in [2.45, 2.75) is 19.9 Å². The third-order valence-electron chi connectivity index (χ3n) is 2.76. The highest BCUT2D eigenvalue weighted by Gasteiger charge is 2.17. The van der Waals surface area contributed by atoms with Crippen molar-refractivity contribution in [3.05, 3.63) is 12.2 Å². The highest BCUT2D eigenvalue weighted by molar-refractivity contribution is 6.17. The molecule has 20 heavy (non-hydrogen) atoms. The molecule has 0 aromatic carbocycles. The average molecular weight is 298 g/mol. The van der Waals surface area contributed by atoms with Gasteiger partial charge in [-0.2, -0.15) is 4.98 Å². The van der Waals surface area contributed by atoms with Gasteiger partial charge in [0.1, 0.15) is 18.7 Å². The SMILES string of the molecule is CCNC(=O)Cn1c(CCCl)nc2c(OC)ncnc21. The van der Waals surface area contributed by atoms with E-state index in [0.717, 1.165) is 0 Å². The van der Waals surface area contributed by atoms with Crippen LogP contribution in [0, 0.1) is 0 Å². The molecule has 0 aliphatic heterocycles. The molecular formula is C12H16ClN5O2. The molecule has 0 aliphatic rings. The maximum atomic E-state index is 11.8. The van der Waals surface area contributed by atoms with Gasteiger partial charge in [0.05, 0.1) is 7.11 Å². The molecule has 0 saturated heterocycles. The largest absolute Gasteiger partial charge is 0.479 e. The average Bonchev–Trinajstić information content (AvgIpc) is 2.77. The summed E-state index contributed by atoms with van der Waals surface area (Å²) in [5.74, 6) is 1.40. The number of nitrogens with zero attached hydrogens (tertiary/aromatic N) is 4. The van der Waals surface area contributed by atoms with Gasteiger partial charge in [0.2, 0.25) is 11.8 Å². The molecular weight excluding hydrogens is 282 g/mol. The number of halogens is 1. The van der Waals surface area contributed by atoms with Gasteiger partial charge in [-0.3, -0.25) is 4.79 Å². The molecule has 7 nitrogen and oxygen atoms in total. The number of carbonyl (C=O) groups is 1. The van der Waals surface area contributed by atoms with E-state index < -0.39 is 0 Å². The first-order valence-electron chi connectivity index (χ1n) is 6.28. The molecule has 0 unspecified atom stereocenters. The highest BCUT2D eigenvalue weighted by atomic mass is 35.5. The van der Waals surface area contributed by atoms with Gasteiger partial charge < -0.3 is 14.6 Å². The predicted octanol–water partition coefficient (Wildman–Crippen LogP) is 0.752. The Morgan fingerprint density at radius 2 is 2.30 bits per heavy atom. The van der Waals surface area contributed by atoms with Crippen LogP contribution in [0.3, 0.4) is 0 Å². The van der Waals surface area contributed by atoms with E-state index in [1.807, 2.05) is 6.92 Å². The molecule has 0 bridgehead atoms. The van der Waals surface area contributed by atoms with Gasteiger partial charge in [-0.25, -0.2) is 9.97 Å². The van der Waals surface area contributed by atoms with Crippen molar-refractivity contribution in [3.63, 3.8) is 0 Å². The number of nitrogens with one attached hydrogen (secondary N) is 1. The lowest BCUT2D eigenvalue weighted by Gasteiger charge is -2.07. The van der Waals surface area contributed by atoms with Crippen LogP contribution in [0.5, 0.6) is 5.88 Å². The molecule has 108 valence electrons. The Morgan fingerprint density at radius 1 is 1.50 bits per heavy atom. The monoisotopic (exact) mass is 297 g/mol. The standard InChI is InChI=1S/C12H16ClN5O2/c1-3-14-9(19)6-18-8(4-5-13)17-10-11(18)15-7-16-12(10)20-2/h7H,3-6H2,1-2H3,(H,14,19). The van der Waals surface area contributed by atoms with Crippen molar-refractivity contribution >= 4 is 28.7 Å². The summed E-state index contributed by atoms with van der Waals surface area (Å²) >= 11 is 5.79. The summed E-state index contributed by atoms with van der Waals surface area (Å²) in [6.45, 7) is 2.60. The topological polar surface area (TPSA) is 81.9 Å².